The number of allylic oxidation sites excluding steroid dienone is 1. The molecule has 17 heavy (non-hydrogen) atoms. The Morgan fingerprint density at radius 3 is 2.53 bits per heavy atom. The van der Waals surface area contributed by atoms with Gasteiger partial charge >= 0.3 is 12.1 Å². The molecule has 1 N–H and O–H groups in total. The van der Waals surface area contributed by atoms with Gasteiger partial charge in [0.25, 0.3) is 0 Å². The largest absolute Gasteiger partial charge is 0.444 e. The summed E-state index contributed by atoms with van der Waals surface area (Å²) in [5.41, 5.74) is -0.557. The van der Waals surface area contributed by atoms with Crippen LogP contribution in [0, 0.1) is 0 Å². The van der Waals surface area contributed by atoms with Crippen LogP contribution in [-0.2, 0) is 14.3 Å². The van der Waals surface area contributed by atoms with Gasteiger partial charge in [-0.3, -0.25) is 10.1 Å². The van der Waals surface area contributed by atoms with Crippen LogP contribution in [0.3, 0.4) is 0 Å². The molecule has 0 atom stereocenters. The van der Waals surface area contributed by atoms with Gasteiger partial charge in [-0.25, -0.2) is 4.79 Å². The first-order valence-corrected chi connectivity index (χ1v) is 5.58. The Balaban J connectivity index is 3.59. The summed E-state index contributed by atoms with van der Waals surface area (Å²) in [6, 6.07) is 0. The number of nitrogens with one attached hydrogen (secondary N) is 1. The van der Waals surface area contributed by atoms with Crippen LogP contribution in [0.4, 0.5) is 4.79 Å². The second-order valence-electron chi connectivity index (χ2n) is 4.52. The van der Waals surface area contributed by atoms with E-state index in [4.69, 9.17) is 9.47 Å². The first-order valence-electron chi connectivity index (χ1n) is 5.58. The molecule has 0 unspecified atom stereocenters. The van der Waals surface area contributed by atoms with Crippen LogP contribution in [-0.4, -0.2) is 24.4 Å². The summed E-state index contributed by atoms with van der Waals surface area (Å²) in [6.45, 7) is 8.66. The molecular weight excluding hydrogens is 222 g/mol. The predicted octanol–water partition coefficient (Wildman–Crippen LogP) is 2.37. The van der Waals surface area contributed by atoms with E-state index < -0.39 is 11.7 Å². The molecule has 0 fully saturated rings. The third-order valence-electron chi connectivity index (χ3n) is 1.64. The zero-order valence-corrected chi connectivity index (χ0v) is 10.7. The lowest BCUT2D eigenvalue weighted by molar-refractivity contribution is -0.144. The molecule has 0 bridgehead atoms. The minimum atomic E-state index is -0.601. The monoisotopic (exact) mass is 243 g/mol. The topological polar surface area (TPSA) is 64.6 Å². The number of amides is 1. The van der Waals surface area contributed by atoms with Crippen molar-refractivity contribution in [3.63, 3.8) is 0 Å². The molecule has 0 radical (unpaired) electrons. The molecule has 98 valence electrons. The lowest BCUT2D eigenvalue weighted by Crippen LogP contribution is -2.34. The number of rotatable bonds is 6. The van der Waals surface area contributed by atoms with Crippen molar-refractivity contribution in [1.82, 2.24) is 5.32 Å². The van der Waals surface area contributed by atoms with Gasteiger partial charge in [-0.05, 0) is 33.6 Å². The van der Waals surface area contributed by atoms with Crippen molar-refractivity contribution in [1.29, 1.82) is 0 Å². The molecule has 0 saturated carbocycles. The van der Waals surface area contributed by atoms with Crippen LogP contribution < -0.4 is 5.32 Å². The number of carbonyl (C=O) groups excluding carboxylic acids is 2. The lowest BCUT2D eigenvalue weighted by atomic mass is 10.2. The van der Waals surface area contributed by atoms with E-state index >= 15 is 0 Å². The molecule has 0 rings (SSSR count). The Kier molecular flexibility index (Phi) is 7.02. The van der Waals surface area contributed by atoms with Crippen molar-refractivity contribution in [3.8, 4) is 0 Å². The van der Waals surface area contributed by atoms with E-state index in [9.17, 15) is 9.59 Å². The maximum atomic E-state index is 11.2. The molecule has 0 aromatic heterocycles. The second-order valence-corrected chi connectivity index (χ2v) is 4.52. The molecule has 0 aromatic carbocycles. The third kappa shape index (κ3) is 10.8. The van der Waals surface area contributed by atoms with Crippen molar-refractivity contribution < 1.29 is 19.1 Å². The van der Waals surface area contributed by atoms with Crippen molar-refractivity contribution in [2.75, 3.05) is 6.73 Å². The van der Waals surface area contributed by atoms with Crippen LogP contribution in [0.2, 0.25) is 0 Å². The highest BCUT2D eigenvalue weighted by molar-refractivity contribution is 5.70. The van der Waals surface area contributed by atoms with E-state index in [0.717, 1.165) is 6.42 Å². The number of carbonyl (C=O) groups is 2. The summed E-state index contributed by atoms with van der Waals surface area (Å²) in [5.74, 6) is -0.345. The number of ether oxygens (including phenoxy) is 2. The standard InChI is InChI=1S/C12H21NO4/c1-5-6-7-8-10(14)16-9-13-11(15)17-12(2,3)4/h5H,1,6-9H2,2-4H3,(H,13,15). The van der Waals surface area contributed by atoms with Crippen LogP contribution in [0.5, 0.6) is 0 Å². The summed E-state index contributed by atoms with van der Waals surface area (Å²) < 4.78 is 9.75. The number of esters is 1. The van der Waals surface area contributed by atoms with Gasteiger partial charge in [0, 0.05) is 6.42 Å². The van der Waals surface area contributed by atoms with E-state index in [-0.39, 0.29) is 12.7 Å². The Morgan fingerprint density at radius 2 is 2.00 bits per heavy atom. The van der Waals surface area contributed by atoms with Gasteiger partial charge < -0.3 is 9.47 Å². The zero-order chi connectivity index (χ0) is 13.3. The Morgan fingerprint density at radius 1 is 1.35 bits per heavy atom. The van der Waals surface area contributed by atoms with Crippen LogP contribution in [0.25, 0.3) is 0 Å². The Hall–Kier alpha value is -1.52. The normalized spacial score (nSPS) is 10.5. The molecular formula is C12H21NO4. The lowest BCUT2D eigenvalue weighted by Gasteiger charge is -2.19. The van der Waals surface area contributed by atoms with E-state index in [0.29, 0.717) is 12.8 Å². The average molecular weight is 243 g/mol. The molecule has 0 aliphatic rings. The number of unbranched alkanes of at least 4 members (excludes halogenated alkanes) is 1. The Labute approximate surface area is 102 Å². The highest BCUT2D eigenvalue weighted by Gasteiger charge is 2.15. The minimum Gasteiger partial charge on any atom is -0.444 e. The average Bonchev–Trinajstić information content (AvgIpc) is 2.15. The highest BCUT2D eigenvalue weighted by atomic mass is 16.6. The maximum absolute atomic E-state index is 11.2. The maximum Gasteiger partial charge on any atom is 0.410 e. The van der Waals surface area contributed by atoms with Crippen LogP contribution in [0.1, 0.15) is 40.0 Å². The first kappa shape index (κ1) is 15.5. The predicted molar refractivity (Wildman–Crippen MR) is 64.4 cm³/mol. The molecule has 0 heterocycles. The smallest absolute Gasteiger partial charge is 0.410 e. The summed E-state index contributed by atoms with van der Waals surface area (Å²) >= 11 is 0. The van der Waals surface area contributed by atoms with Gasteiger partial charge in [0.1, 0.15) is 5.60 Å². The molecule has 5 nitrogen and oxygen atoms in total. The fourth-order valence-electron chi connectivity index (χ4n) is 0.953. The first-order chi connectivity index (χ1) is 7.85. The molecule has 0 spiro atoms. The Bertz CT molecular complexity index is 268. The van der Waals surface area contributed by atoms with Gasteiger partial charge in [-0.15, -0.1) is 6.58 Å². The number of alkyl carbamates (subject to hydrolysis) is 1. The third-order valence-corrected chi connectivity index (χ3v) is 1.64. The van der Waals surface area contributed by atoms with Crippen LogP contribution >= 0.6 is 0 Å². The summed E-state index contributed by atoms with van der Waals surface area (Å²) in [7, 11) is 0. The minimum absolute atomic E-state index is 0.165. The van der Waals surface area contributed by atoms with Crippen molar-refractivity contribution in [2.24, 2.45) is 0 Å². The van der Waals surface area contributed by atoms with E-state index in [1.807, 2.05) is 0 Å². The van der Waals surface area contributed by atoms with Crippen molar-refractivity contribution in [2.45, 2.75) is 45.6 Å². The van der Waals surface area contributed by atoms with Gasteiger partial charge in [0.2, 0.25) is 0 Å². The van der Waals surface area contributed by atoms with Crippen molar-refractivity contribution in [3.05, 3.63) is 12.7 Å². The second kappa shape index (κ2) is 7.70. The summed E-state index contributed by atoms with van der Waals surface area (Å²) in [5, 5.41) is 2.34. The van der Waals surface area contributed by atoms with Gasteiger partial charge in [0.15, 0.2) is 6.73 Å². The SMILES string of the molecule is C=CCCCC(=O)OCNC(=O)OC(C)(C)C. The zero-order valence-electron chi connectivity index (χ0n) is 10.7. The number of hydrogen-bond acceptors (Lipinski definition) is 4. The molecule has 0 aromatic rings. The molecule has 0 aliphatic carbocycles. The number of hydrogen-bond donors (Lipinski definition) is 1. The molecule has 0 saturated heterocycles. The van der Waals surface area contributed by atoms with E-state index in [1.165, 1.54) is 0 Å². The fourth-order valence-corrected chi connectivity index (χ4v) is 0.953. The van der Waals surface area contributed by atoms with E-state index in [1.54, 1.807) is 26.8 Å². The van der Waals surface area contributed by atoms with Gasteiger partial charge in [-0.1, -0.05) is 6.08 Å². The van der Waals surface area contributed by atoms with Crippen molar-refractivity contribution >= 4 is 12.1 Å². The molecule has 1 amide bonds. The fraction of sp³-hybridized carbons (Fsp3) is 0.667. The molecule has 0 aliphatic heterocycles. The molecule has 5 heteroatoms. The van der Waals surface area contributed by atoms with Gasteiger partial charge in [-0.2, -0.15) is 0 Å². The highest BCUT2D eigenvalue weighted by Crippen LogP contribution is 2.06. The summed E-state index contributed by atoms with van der Waals surface area (Å²) in [4.78, 5) is 22.3. The van der Waals surface area contributed by atoms with E-state index in [2.05, 4.69) is 11.9 Å². The van der Waals surface area contributed by atoms with Gasteiger partial charge in [0.05, 0.1) is 0 Å². The van der Waals surface area contributed by atoms with Crippen LogP contribution in [0.15, 0.2) is 12.7 Å². The quantitative estimate of drug-likeness (QED) is 0.336. The summed E-state index contributed by atoms with van der Waals surface area (Å²) in [6.07, 6.45) is 2.94.